The topological polar surface area (TPSA) is 90.4 Å². The second-order valence-corrected chi connectivity index (χ2v) is 3.45. The Bertz CT molecular complexity index is 369. The lowest BCUT2D eigenvalue weighted by Gasteiger charge is -2.06. The van der Waals surface area contributed by atoms with Crippen LogP contribution in [0, 0.1) is 0 Å². The number of hydrogen-bond acceptors (Lipinski definition) is 6. The first-order chi connectivity index (χ1) is 7.24. The van der Waals surface area contributed by atoms with Gasteiger partial charge < -0.3 is 20.3 Å². The Morgan fingerprint density at radius 2 is 2.53 bits per heavy atom. The van der Waals surface area contributed by atoms with Gasteiger partial charge in [-0.15, -0.1) is 0 Å². The molecule has 82 valence electrons. The van der Waals surface area contributed by atoms with E-state index in [9.17, 15) is 4.79 Å². The third-order valence-corrected chi connectivity index (χ3v) is 2.51. The summed E-state index contributed by atoms with van der Waals surface area (Å²) >= 11 is 0. The summed E-state index contributed by atoms with van der Waals surface area (Å²) in [6, 6.07) is 0.0175. The van der Waals surface area contributed by atoms with E-state index >= 15 is 0 Å². The zero-order valence-electron chi connectivity index (χ0n) is 8.45. The fraction of sp³-hybridized carbons (Fsp3) is 0.556. The molecule has 0 aromatic carbocycles. The molecule has 3 N–H and O–H groups in total. The van der Waals surface area contributed by atoms with Crippen LogP contribution in [0.1, 0.15) is 35.0 Å². The van der Waals surface area contributed by atoms with Crippen LogP contribution in [0.4, 0.5) is 5.82 Å². The summed E-state index contributed by atoms with van der Waals surface area (Å²) in [5.74, 6) is 0.0693. The molecule has 0 amide bonds. The summed E-state index contributed by atoms with van der Waals surface area (Å²) in [7, 11) is 1.31. The fourth-order valence-corrected chi connectivity index (χ4v) is 1.77. The van der Waals surface area contributed by atoms with Gasteiger partial charge in [0.05, 0.1) is 13.2 Å². The lowest BCUT2D eigenvalue weighted by Crippen LogP contribution is -2.16. The van der Waals surface area contributed by atoms with E-state index in [2.05, 4.69) is 15.2 Å². The monoisotopic (exact) mass is 211 g/mol. The largest absolute Gasteiger partial charge is 0.465 e. The summed E-state index contributed by atoms with van der Waals surface area (Å²) in [6.07, 6.45) is 1.96. The van der Waals surface area contributed by atoms with Gasteiger partial charge in [-0.1, -0.05) is 5.16 Å². The van der Waals surface area contributed by atoms with Crippen LogP contribution in [0.5, 0.6) is 0 Å². The normalized spacial score (nSPS) is 20.5. The van der Waals surface area contributed by atoms with E-state index in [4.69, 9.17) is 10.3 Å². The molecule has 2 rings (SSSR count). The maximum Gasteiger partial charge on any atom is 0.345 e. The van der Waals surface area contributed by atoms with Gasteiger partial charge in [0, 0.05) is 0 Å². The Morgan fingerprint density at radius 1 is 1.73 bits per heavy atom. The number of nitrogens with one attached hydrogen (secondary N) is 1. The second kappa shape index (κ2) is 3.90. The van der Waals surface area contributed by atoms with Crippen molar-refractivity contribution in [2.75, 3.05) is 19.4 Å². The maximum absolute atomic E-state index is 11.4. The van der Waals surface area contributed by atoms with Gasteiger partial charge in [-0.05, 0) is 19.4 Å². The molecule has 1 atom stereocenters. The minimum absolute atomic E-state index is 0.0175. The maximum atomic E-state index is 11.4. The summed E-state index contributed by atoms with van der Waals surface area (Å²) in [5, 5.41) is 6.80. The molecule has 1 aliphatic heterocycles. The quantitative estimate of drug-likeness (QED) is 0.691. The highest BCUT2D eigenvalue weighted by Gasteiger charge is 2.29. The molecule has 1 fully saturated rings. The van der Waals surface area contributed by atoms with Crippen LogP contribution >= 0.6 is 0 Å². The summed E-state index contributed by atoms with van der Waals surface area (Å²) in [5.41, 5.74) is 5.80. The van der Waals surface area contributed by atoms with Crippen LogP contribution in [0.15, 0.2) is 4.52 Å². The van der Waals surface area contributed by atoms with Crippen LogP contribution in [-0.2, 0) is 4.74 Å². The van der Waals surface area contributed by atoms with Gasteiger partial charge in [-0.25, -0.2) is 4.79 Å². The van der Waals surface area contributed by atoms with Crippen molar-refractivity contribution in [3.8, 4) is 0 Å². The molecule has 0 bridgehead atoms. The van der Waals surface area contributed by atoms with E-state index in [1.807, 2.05) is 0 Å². The number of rotatable bonds is 2. The fourth-order valence-electron chi connectivity index (χ4n) is 1.77. The summed E-state index contributed by atoms with van der Waals surface area (Å²) < 4.78 is 9.69. The van der Waals surface area contributed by atoms with E-state index in [0.717, 1.165) is 19.4 Å². The van der Waals surface area contributed by atoms with Crippen molar-refractivity contribution in [3.63, 3.8) is 0 Å². The second-order valence-electron chi connectivity index (χ2n) is 3.45. The van der Waals surface area contributed by atoms with Gasteiger partial charge in [0.25, 0.3) is 0 Å². The molecule has 0 aliphatic carbocycles. The number of carbonyl (C=O) groups is 1. The number of nitrogen functional groups attached to an aromatic ring is 1. The Kier molecular flexibility index (Phi) is 2.59. The van der Waals surface area contributed by atoms with E-state index < -0.39 is 5.97 Å². The highest BCUT2D eigenvalue weighted by molar-refractivity contribution is 5.95. The number of nitrogens with two attached hydrogens (primary N) is 1. The van der Waals surface area contributed by atoms with Crippen LogP contribution < -0.4 is 11.1 Å². The van der Waals surface area contributed by atoms with E-state index in [-0.39, 0.29) is 17.4 Å². The van der Waals surface area contributed by atoms with Crippen molar-refractivity contribution in [1.82, 2.24) is 10.5 Å². The minimum Gasteiger partial charge on any atom is -0.465 e. The molecule has 15 heavy (non-hydrogen) atoms. The predicted molar refractivity (Wildman–Crippen MR) is 52.2 cm³/mol. The van der Waals surface area contributed by atoms with Gasteiger partial charge in [0.1, 0.15) is 5.56 Å². The van der Waals surface area contributed by atoms with Crippen molar-refractivity contribution in [1.29, 1.82) is 0 Å². The number of anilines is 1. The third-order valence-electron chi connectivity index (χ3n) is 2.51. The lowest BCUT2D eigenvalue weighted by molar-refractivity contribution is 0.0598. The molecular formula is C9H13N3O3. The Balaban J connectivity index is 2.34. The Morgan fingerprint density at radius 3 is 3.13 bits per heavy atom. The van der Waals surface area contributed by atoms with Crippen LogP contribution in [0.2, 0.25) is 0 Å². The number of hydrogen-bond donors (Lipinski definition) is 2. The van der Waals surface area contributed by atoms with E-state index in [0.29, 0.717) is 5.76 Å². The first kappa shape index (κ1) is 9.97. The molecular weight excluding hydrogens is 198 g/mol. The van der Waals surface area contributed by atoms with Gasteiger partial charge in [0.15, 0.2) is 11.6 Å². The molecule has 2 heterocycles. The van der Waals surface area contributed by atoms with Gasteiger partial charge >= 0.3 is 5.97 Å². The number of aromatic nitrogens is 1. The first-order valence-corrected chi connectivity index (χ1v) is 4.80. The zero-order chi connectivity index (χ0) is 10.8. The van der Waals surface area contributed by atoms with Crippen molar-refractivity contribution in [2.45, 2.75) is 18.9 Å². The summed E-state index contributed by atoms with van der Waals surface area (Å²) in [6.45, 7) is 0.909. The average molecular weight is 211 g/mol. The van der Waals surface area contributed by atoms with Gasteiger partial charge in [-0.2, -0.15) is 0 Å². The minimum atomic E-state index is -0.502. The standard InChI is InChI=1S/C9H13N3O3/c1-14-9(13)6-7(15-12-8(6)10)5-3-2-4-11-5/h5,11H,2-4H2,1H3,(H2,10,12). The molecule has 1 aromatic heterocycles. The van der Waals surface area contributed by atoms with Crippen LogP contribution in [0.25, 0.3) is 0 Å². The first-order valence-electron chi connectivity index (χ1n) is 4.80. The number of methoxy groups -OCH3 is 1. The van der Waals surface area contributed by atoms with Crippen molar-refractivity contribution in [2.24, 2.45) is 0 Å². The summed E-state index contributed by atoms with van der Waals surface area (Å²) in [4.78, 5) is 11.4. The van der Waals surface area contributed by atoms with Crippen molar-refractivity contribution in [3.05, 3.63) is 11.3 Å². The Hall–Kier alpha value is -1.56. The molecule has 0 radical (unpaired) electrons. The average Bonchev–Trinajstić information content (AvgIpc) is 2.85. The molecule has 6 nitrogen and oxygen atoms in total. The highest BCUT2D eigenvalue weighted by Crippen LogP contribution is 2.29. The Labute approximate surface area is 86.7 Å². The molecule has 1 aromatic rings. The van der Waals surface area contributed by atoms with Gasteiger partial charge in [-0.3, -0.25) is 0 Å². The van der Waals surface area contributed by atoms with Crippen LogP contribution in [0.3, 0.4) is 0 Å². The number of carbonyl (C=O) groups excluding carboxylic acids is 1. The molecule has 1 unspecified atom stereocenters. The van der Waals surface area contributed by atoms with Crippen molar-refractivity contribution >= 4 is 11.8 Å². The smallest absolute Gasteiger partial charge is 0.345 e. The number of ether oxygens (including phenoxy) is 1. The molecule has 1 saturated heterocycles. The highest BCUT2D eigenvalue weighted by atomic mass is 16.5. The molecule has 6 heteroatoms. The third kappa shape index (κ3) is 1.68. The number of nitrogens with zero attached hydrogens (tertiary/aromatic N) is 1. The van der Waals surface area contributed by atoms with E-state index in [1.54, 1.807) is 0 Å². The molecule has 1 aliphatic rings. The van der Waals surface area contributed by atoms with E-state index in [1.165, 1.54) is 7.11 Å². The van der Waals surface area contributed by atoms with Crippen LogP contribution in [-0.4, -0.2) is 24.8 Å². The zero-order valence-corrected chi connectivity index (χ0v) is 8.45. The van der Waals surface area contributed by atoms with Gasteiger partial charge in [0.2, 0.25) is 0 Å². The molecule has 0 saturated carbocycles. The SMILES string of the molecule is COC(=O)c1c(N)noc1C1CCCN1. The van der Waals surface area contributed by atoms with Crippen molar-refractivity contribution < 1.29 is 14.1 Å². The lowest BCUT2D eigenvalue weighted by atomic mass is 10.1. The molecule has 0 spiro atoms. The number of esters is 1. The predicted octanol–water partition coefficient (Wildman–Crippen LogP) is 0.468.